The summed E-state index contributed by atoms with van der Waals surface area (Å²) in [6.07, 6.45) is 4.22. The van der Waals surface area contributed by atoms with Crippen LogP contribution in [-0.2, 0) is 10.2 Å². The first kappa shape index (κ1) is 11.7. The number of hydrogen-bond donors (Lipinski definition) is 2. The van der Waals surface area contributed by atoms with Crippen molar-refractivity contribution in [1.82, 2.24) is 0 Å². The predicted octanol–water partition coefficient (Wildman–Crippen LogP) is 2.60. The van der Waals surface area contributed by atoms with Crippen LogP contribution < -0.4 is 5.32 Å². The zero-order chi connectivity index (χ0) is 12.9. The number of nitrogens with one attached hydrogen (secondary N) is 1. The van der Waals surface area contributed by atoms with Crippen LogP contribution in [-0.4, -0.2) is 24.9 Å². The molecule has 1 saturated heterocycles. The quantitative estimate of drug-likeness (QED) is 0.858. The lowest BCUT2D eigenvalue weighted by atomic mass is 9.88. The van der Waals surface area contributed by atoms with E-state index in [0.717, 1.165) is 38.2 Å². The Bertz CT molecular complexity index is 490. The topological polar surface area (TPSA) is 41.5 Å². The molecule has 1 aliphatic carbocycles. The van der Waals surface area contributed by atoms with Crippen LogP contribution >= 0.6 is 0 Å². The molecular formula is C16H21NO2. The summed E-state index contributed by atoms with van der Waals surface area (Å²) >= 11 is 0. The van der Waals surface area contributed by atoms with Gasteiger partial charge >= 0.3 is 0 Å². The molecule has 3 aliphatic rings. The fraction of sp³-hybridized carbons (Fsp3) is 0.625. The van der Waals surface area contributed by atoms with Gasteiger partial charge in [0.05, 0.1) is 6.10 Å². The number of aliphatic hydroxyl groups excluding tert-OH is 1. The zero-order valence-electron chi connectivity index (χ0n) is 11.2. The van der Waals surface area contributed by atoms with E-state index in [1.165, 1.54) is 24.1 Å². The molecule has 1 atom stereocenters. The van der Waals surface area contributed by atoms with Crippen LogP contribution in [0, 0.1) is 5.92 Å². The molecule has 2 N–H and O–H groups in total. The standard InChI is InChI=1S/C16H21NO2/c18-15(11-3-7-19-8-4-11)12-1-2-13-14(9-12)17-10-16(13)5-6-16/h1-2,9,11,15,17-18H,3-8,10H2. The Balaban J connectivity index is 1.58. The summed E-state index contributed by atoms with van der Waals surface area (Å²) < 4.78 is 5.37. The van der Waals surface area contributed by atoms with E-state index in [4.69, 9.17) is 4.74 Å². The summed E-state index contributed by atoms with van der Waals surface area (Å²) in [5, 5.41) is 14.1. The minimum Gasteiger partial charge on any atom is -0.388 e. The Kier molecular flexibility index (Phi) is 2.61. The molecule has 1 aromatic carbocycles. The second-order valence-corrected chi connectivity index (χ2v) is 6.33. The molecular weight excluding hydrogens is 238 g/mol. The molecule has 0 radical (unpaired) electrons. The van der Waals surface area contributed by atoms with Crippen LogP contribution in [0.15, 0.2) is 18.2 Å². The number of aliphatic hydroxyl groups is 1. The number of hydrogen-bond acceptors (Lipinski definition) is 3. The molecule has 2 heterocycles. The normalized spacial score (nSPS) is 25.9. The van der Waals surface area contributed by atoms with Crippen molar-refractivity contribution in [2.45, 2.75) is 37.2 Å². The minimum atomic E-state index is -0.341. The molecule has 1 aromatic rings. The highest BCUT2D eigenvalue weighted by Crippen LogP contribution is 2.54. The van der Waals surface area contributed by atoms with Gasteiger partial charge in [0.25, 0.3) is 0 Å². The molecule has 0 bridgehead atoms. The molecule has 0 amide bonds. The molecule has 102 valence electrons. The van der Waals surface area contributed by atoms with E-state index in [9.17, 15) is 5.11 Å². The number of rotatable bonds is 2. The van der Waals surface area contributed by atoms with Gasteiger partial charge in [0.1, 0.15) is 0 Å². The minimum absolute atomic E-state index is 0.341. The van der Waals surface area contributed by atoms with Crippen LogP contribution in [0.25, 0.3) is 0 Å². The summed E-state index contributed by atoms with van der Waals surface area (Å²) in [7, 11) is 0. The highest BCUT2D eigenvalue weighted by atomic mass is 16.5. The monoisotopic (exact) mass is 259 g/mol. The summed E-state index contributed by atoms with van der Waals surface area (Å²) in [6.45, 7) is 2.65. The summed E-state index contributed by atoms with van der Waals surface area (Å²) in [6, 6.07) is 6.54. The SMILES string of the molecule is OC(c1ccc2c(c1)NCC21CC1)C1CCOCC1. The van der Waals surface area contributed by atoms with Crippen LogP contribution in [0.2, 0.25) is 0 Å². The fourth-order valence-electron chi connectivity index (χ4n) is 3.61. The summed E-state index contributed by atoms with van der Waals surface area (Å²) in [4.78, 5) is 0. The third-order valence-corrected chi connectivity index (χ3v) is 5.14. The molecule has 1 spiro atoms. The van der Waals surface area contributed by atoms with E-state index in [1.54, 1.807) is 0 Å². The van der Waals surface area contributed by atoms with Crippen molar-refractivity contribution in [2.75, 3.05) is 25.1 Å². The number of fused-ring (bicyclic) bond motifs is 2. The first-order valence-electron chi connectivity index (χ1n) is 7.43. The Morgan fingerprint density at radius 1 is 1.26 bits per heavy atom. The summed E-state index contributed by atoms with van der Waals surface area (Å²) in [5.41, 5.74) is 4.23. The lowest BCUT2D eigenvalue weighted by Crippen LogP contribution is -2.22. The zero-order valence-corrected chi connectivity index (χ0v) is 11.2. The maximum atomic E-state index is 10.5. The largest absolute Gasteiger partial charge is 0.388 e. The second kappa shape index (κ2) is 4.22. The first-order valence-corrected chi connectivity index (χ1v) is 7.43. The van der Waals surface area contributed by atoms with Gasteiger partial charge in [0.15, 0.2) is 0 Å². The van der Waals surface area contributed by atoms with Crippen molar-refractivity contribution in [3.8, 4) is 0 Å². The average molecular weight is 259 g/mol. The van der Waals surface area contributed by atoms with Gasteiger partial charge in [-0.1, -0.05) is 12.1 Å². The lowest BCUT2D eigenvalue weighted by molar-refractivity contribution is 0.00720. The maximum absolute atomic E-state index is 10.5. The Labute approximate surface area is 114 Å². The Morgan fingerprint density at radius 2 is 2.05 bits per heavy atom. The molecule has 0 aromatic heterocycles. The van der Waals surface area contributed by atoms with Crippen LogP contribution in [0.4, 0.5) is 5.69 Å². The first-order chi connectivity index (χ1) is 9.28. The number of ether oxygens (including phenoxy) is 1. The molecule has 2 aliphatic heterocycles. The summed E-state index contributed by atoms with van der Waals surface area (Å²) in [5.74, 6) is 0.350. The fourth-order valence-corrected chi connectivity index (χ4v) is 3.61. The predicted molar refractivity (Wildman–Crippen MR) is 74.3 cm³/mol. The van der Waals surface area contributed by atoms with Crippen LogP contribution in [0.5, 0.6) is 0 Å². The van der Waals surface area contributed by atoms with Crippen molar-refractivity contribution in [3.05, 3.63) is 29.3 Å². The average Bonchev–Trinajstić information content (AvgIpc) is 3.17. The van der Waals surface area contributed by atoms with E-state index < -0.39 is 0 Å². The second-order valence-electron chi connectivity index (χ2n) is 6.33. The molecule has 1 saturated carbocycles. The van der Waals surface area contributed by atoms with Crippen molar-refractivity contribution in [1.29, 1.82) is 0 Å². The smallest absolute Gasteiger partial charge is 0.0820 e. The highest BCUT2D eigenvalue weighted by molar-refractivity contribution is 5.64. The van der Waals surface area contributed by atoms with Crippen molar-refractivity contribution in [2.24, 2.45) is 5.92 Å². The van der Waals surface area contributed by atoms with Gasteiger partial charge in [-0.05, 0) is 48.8 Å². The van der Waals surface area contributed by atoms with Gasteiger partial charge < -0.3 is 15.2 Å². The molecule has 4 rings (SSSR count). The van der Waals surface area contributed by atoms with Crippen LogP contribution in [0.3, 0.4) is 0 Å². The highest BCUT2D eigenvalue weighted by Gasteiger charge is 2.48. The van der Waals surface area contributed by atoms with Gasteiger partial charge in [-0.15, -0.1) is 0 Å². The van der Waals surface area contributed by atoms with E-state index in [0.29, 0.717) is 11.3 Å². The van der Waals surface area contributed by atoms with Crippen molar-refractivity contribution in [3.63, 3.8) is 0 Å². The third-order valence-electron chi connectivity index (χ3n) is 5.14. The molecule has 2 fully saturated rings. The van der Waals surface area contributed by atoms with Gasteiger partial charge in [-0.2, -0.15) is 0 Å². The van der Waals surface area contributed by atoms with Gasteiger partial charge in [0, 0.05) is 30.9 Å². The van der Waals surface area contributed by atoms with Gasteiger partial charge in [-0.3, -0.25) is 0 Å². The number of benzene rings is 1. The molecule has 3 heteroatoms. The Hall–Kier alpha value is -1.06. The van der Waals surface area contributed by atoms with Gasteiger partial charge in [-0.25, -0.2) is 0 Å². The van der Waals surface area contributed by atoms with E-state index in [2.05, 4.69) is 23.5 Å². The number of anilines is 1. The maximum Gasteiger partial charge on any atom is 0.0820 e. The molecule has 19 heavy (non-hydrogen) atoms. The molecule has 1 unspecified atom stereocenters. The van der Waals surface area contributed by atoms with E-state index >= 15 is 0 Å². The van der Waals surface area contributed by atoms with Crippen LogP contribution in [0.1, 0.15) is 42.9 Å². The van der Waals surface area contributed by atoms with Crippen molar-refractivity contribution >= 4 is 5.69 Å². The van der Waals surface area contributed by atoms with E-state index in [-0.39, 0.29) is 6.10 Å². The van der Waals surface area contributed by atoms with Gasteiger partial charge in [0.2, 0.25) is 0 Å². The Morgan fingerprint density at radius 3 is 2.79 bits per heavy atom. The van der Waals surface area contributed by atoms with Crippen molar-refractivity contribution < 1.29 is 9.84 Å². The lowest BCUT2D eigenvalue weighted by Gasteiger charge is -2.27. The third kappa shape index (κ3) is 1.87. The van der Waals surface area contributed by atoms with E-state index in [1.807, 2.05) is 0 Å². The molecule has 3 nitrogen and oxygen atoms in total.